The van der Waals surface area contributed by atoms with Gasteiger partial charge in [-0.15, -0.1) is 0 Å². The minimum absolute atomic E-state index is 0.432. The highest BCUT2D eigenvalue weighted by Gasteiger charge is 2.10. The number of hydrogen-bond acceptors (Lipinski definition) is 1. The first-order chi connectivity index (χ1) is 8.88. The molecule has 19 heavy (non-hydrogen) atoms. The quantitative estimate of drug-likeness (QED) is 0.730. The van der Waals surface area contributed by atoms with E-state index in [4.69, 9.17) is 0 Å². The molecule has 0 radical (unpaired) electrons. The number of hydrogen-bond donors (Lipinski definition) is 1. The number of nitrogens with one attached hydrogen (secondary N) is 1. The summed E-state index contributed by atoms with van der Waals surface area (Å²) in [6.07, 6.45) is 2.40. The van der Waals surface area contributed by atoms with E-state index in [9.17, 15) is 0 Å². The highest BCUT2D eigenvalue weighted by atomic mass is 14.9. The van der Waals surface area contributed by atoms with E-state index in [2.05, 4.69) is 71.1 Å². The van der Waals surface area contributed by atoms with Gasteiger partial charge in [-0.25, -0.2) is 0 Å². The van der Waals surface area contributed by atoms with Crippen molar-refractivity contribution in [1.82, 2.24) is 5.32 Å². The van der Waals surface area contributed by atoms with Crippen molar-refractivity contribution in [2.75, 3.05) is 0 Å². The van der Waals surface area contributed by atoms with Crippen LogP contribution < -0.4 is 5.32 Å². The van der Waals surface area contributed by atoms with Crippen molar-refractivity contribution in [2.45, 2.75) is 66.5 Å². The van der Waals surface area contributed by atoms with Crippen molar-refractivity contribution in [3.05, 3.63) is 35.4 Å². The van der Waals surface area contributed by atoms with E-state index < -0.39 is 0 Å². The van der Waals surface area contributed by atoms with Crippen LogP contribution in [0.2, 0.25) is 0 Å². The van der Waals surface area contributed by atoms with Crippen molar-refractivity contribution in [1.29, 1.82) is 0 Å². The molecule has 0 amide bonds. The van der Waals surface area contributed by atoms with E-state index in [1.165, 1.54) is 24.0 Å². The minimum Gasteiger partial charge on any atom is -0.308 e. The lowest BCUT2D eigenvalue weighted by molar-refractivity contribution is 0.407. The smallest absolute Gasteiger partial charge is 0.0294 e. The van der Waals surface area contributed by atoms with Gasteiger partial charge in [0.25, 0.3) is 0 Å². The molecule has 0 saturated carbocycles. The molecule has 108 valence electrons. The third-order valence-corrected chi connectivity index (χ3v) is 3.48. The molecule has 0 fully saturated rings. The summed E-state index contributed by atoms with van der Waals surface area (Å²) in [5.41, 5.74) is 2.84. The summed E-state index contributed by atoms with van der Waals surface area (Å²) in [5, 5.41) is 3.69. The van der Waals surface area contributed by atoms with Crippen LogP contribution in [0.4, 0.5) is 0 Å². The fourth-order valence-corrected chi connectivity index (χ4v) is 2.71. The molecule has 2 atom stereocenters. The fourth-order valence-electron chi connectivity index (χ4n) is 2.71. The first-order valence-electron chi connectivity index (χ1n) is 7.73. The molecule has 1 nitrogen and oxygen atoms in total. The Morgan fingerprint density at radius 2 is 1.42 bits per heavy atom. The van der Waals surface area contributed by atoms with E-state index in [0.29, 0.717) is 12.1 Å². The fraction of sp³-hybridized carbons (Fsp3) is 0.667. The molecule has 1 rings (SSSR count). The molecule has 1 aromatic carbocycles. The van der Waals surface area contributed by atoms with Gasteiger partial charge in [0.05, 0.1) is 0 Å². The monoisotopic (exact) mass is 261 g/mol. The predicted molar refractivity (Wildman–Crippen MR) is 85.5 cm³/mol. The predicted octanol–water partition coefficient (Wildman–Crippen LogP) is 4.97. The second-order valence-electron chi connectivity index (χ2n) is 6.76. The Morgan fingerprint density at radius 1 is 0.842 bits per heavy atom. The number of benzene rings is 1. The van der Waals surface area contributed by atoms with Crippen LogP contribution in [-0.2, 0) is 6.42 Å². The summed E-state index contributed by atoms with van der Waals surface area (Å²) in [6.45, 7) is 13.6. The van der Waals surface area contributed by atoms with Gasteiger partial charge in [0, 0.05) is 12.1 Å². The molecule has 1 heteroatoms. The SMILES string of the molecule is CC(C)Cc1ccc(C(C)NC(C)CC(C)C)cc1. The van der Waals surface area contributed by atoms with E-state index in [0.717, 1.165) is 11.8 Å². The third-order valence-electron chi connectivity index (χ3n) is 3.48. The molecule has 0 aliphatic carbocycles. The average molecular weight is 261 g/mol. The van der Waals surface area contributed by atoms with Crippen LogP contribution in [0.1, 0.15) is 65.1 Å². The standard InChI is InChI=1S/C18H31N/c1-13(2)11-15(5)19-16(6)18-9-7-17(8-10-18)12-14(3)4/h7-10,13-16,19H,11-12H2,1-6H3. The lowest BCUT2D eigenvalue weighted by atomic mass is 9.99. The van der Waals surface area contributed by atoms with E-state index in [1.807, 2.05) is 0 Å². The summed E-state index contributed by atoms with van der Waals surface area (Å²) < 4.78 is 0. The molecule has 0 heterocycles. The van der Waals surface area contributed by atoms with Crippen molar-refractivity contribution < 1.29 is 0 Å². The molecule has 2 unspecified atom stereocenters. The van der Waals surface area contributed by atoms with Gasteiger partial charge >= 0.3 is 0 Å². The first-order valence-corrected chi connectivity index (χ1v) is 7.73. The van der Waals surface area contributed by atoms with Crippen LogP contribution in [0.3, 0.4) is 0 Å². The molecule has 0 spiro atoms. The summed E-state index contributed by atoms with van der Waals surface area (Å²) in [5.74, 6) is 1.48. The Morgan fingerprint density at radius 3 is 1.89 bits per heavy atom. The molecule has 0 saturated heterocycles. The molecule has 1 N–H and O–H groups in total. The van der Waals surface area contributed by atoms with Crippen LogP contribution >= 0.6 is 0 Å². The lowest BCUT2D eigenvalue weighted by Crippen LogP contribution is -2.30. The summed E-state index contributed by atoms with van der Waals surface area (Å²) >= 11 is 0. The van der Waals surface area contributed by atoms with Gasteiger partial charge in [0.15, 0.2) is 0 Å². The Hall–Kier alpha value is -0.820. The molecule has 0 aliphatic heterocycles. The van der Waals surface area contributed by atoms with Gasteiger partial charge in [-0.1, -0.05) is 52.0 Å². The van der Waals surface area contributed by atoms with Crippen LogP contribution in [0.15, 0.2) is 24.3 Å². The van der Waals surface area contributed by atoms with E-state index in [-0.39, 0.29) is 0 Å². The molecular weight excluding hydrogens is 230 g/mol. The Bertz CT molecular complexity index is 350. The van der Waals surface area contributed by atoms with Crippen molar-refractivity contribution in [3.8, 4) is 0 Å². The van der Waals surface area contributed by atoms with E-state index in [1.54, 1.807) is 0 Å². The first kappa shape index (κ1) is 16.2. The topological polar surface area (TPSA) is 12.0 Å². The van der Waals surface area contributed by atoms with Crippen LogP contribution in [0, 0.1) is 11.8 Å². The Balaban J connectivity index is 2.55. The second kappa shape index (κ2) is 7.69. The zero-order chi connectivity index (χ0) is 14.4. The summed E-state index contributed by atoms with van der Waals surface area (Å²) in [4.78, 5) is 0. The molecule has 0 aromatic heterocycles. The van der Waals surface area contributed by atoms with Crippen molar-refractivity contribution >= 4 is 0 Å². The van der Waals surface area contributed by atoms with Crippen LogP contribution in [-0.4, -0.2) is 6.04 Å². The zero-order valence-electron chi connectivity index (χ0n) is 13.5. The molecule has 1 aromatic rings. The average Bonchev–Trinajstić information content (AvgIpc) is 2.27. The molecular formula is C18H31N. The Labute approximate surface area is 119 Å². The second-order valence-corrected chi connectivity index (χ2v) is 6.76. The normalized spacial score (nSPS) is 14.9. The highest BCUT2D eigenvalue weighted by Crippen LogP contribution is 2.17. The van der Waals surface area contributed by atoms with Gasteiger partial charge in [-0.05, 0) is 49.7 Å². The van der Waals surface area contributed by atoms with Crippen molar-refractivity contribution in [2.24, 2.45) is 11.8 Å². The van der Waals surface area contributed by atoms with E-state index >= 15 is 0 Å². The maximum absolute atomic E-state index is 3.69. The van der Waals surface area contributed by atoms with Gasteiger partial charge in [-0.3, -0.25) is 0 Å². The molecule has 0 aliphatic rings. The van der Waals surface area contributed by atoms with Gasteiger partial charge in [0.2, 0.25) is 0 Å². The summed E-state index contributed by atoms with van der Waals surface area (Å²) in [7, 11) is 0. The largest absolute Gasteiger partial charge is 0.308 e. The maximum atomic E-state index is 3.69. The molecule has 0 bridgehead atoms. The summed E-state index contributed by atoms with van der Waals surface area (Å²) in [6, 6.07) is 10.1. The minimum atomic E-state index is 0.432. The van der Waals surface area contributed by atoms with Gasteiger partial charge < -0.3 is 5.32 Å². The van der Waals surface area contributed by atoms with Crippen molar-refractivity contribution in [3.63, 3.8) is 0 Å². The van der Waals surface area contributed by atoms with Crippen LogP contribution in [0.5, 0.6) is 0 Å². The van der Waals surface area contributed by atoms with Crippen LogP contribution in [0.25, 0.3) is 0 Å². The zero-order valence-corrected chi connectivity index (χ0v) is 13.5. The van der Waals surface area contributed by atoms with Gasteiger partial charge in [0.1, 0.15) is 0 Å². The third kappa shape index (κ3) is 6.24. The lowest BCUT2D eigenvalue weighted by Gasteiger charge is -2.22. The van der Waals surface area contributed by atoms with Gasteiger partial charge in [-0.2, -0.15) is 0 Å². The Kier molecular flexibility index (Phi) is 6.57. The highest BCUT2D eigenvalue weighted by molar-refractivity contribution is 5.25. The maximum Gasteiger partial charge on any atom is 0.0294 e. The number of rotatable bonds is 7.